The number of imide groups is 1. The van der Waals surface area contributed by atoms with E-state index in [-0.39, 0.29) is 18.0 Å². The van der Waals surface area contributed by atoms with E-state index < -0.39 is 18.2 Å². The zero-order chi connectivity index (χ0) is 16.4. The van der Waals surface area contributed by atoms with Crippen LogP contribution in [0.15, 0.2) is 30.9 Å². The van der Waals surface area contributed by atoms with Gasteiger partial charge in [-0.3, -0.25) is 4.90 Å². The van der Waals surface area contributed by atoms with Crippen molar-refractivity contribution in [1.29, 1.82) is 0 Å². The molecule has 4 amide bonds. The van der Waals surface area contributed by atoms with E-state index in [0.717, 1.165) is 4.90 Å². The second kappa shape index (κ2) is 5.97. The monoisotopic (exact) mass is 305 g/mol. The van der Waals surface area contributed by atoms with E-state index in [4.69, 9.17) is 4.74 Å². The summed E-state index contributed by atoms with van der Waals surface area (Å²) in [5.41, 5.74) is 0.415. The molecule has 1 atom stereocenters. The predicted octanol–water partition coefficient (Wildman–Crippen LogP) is 2.00. The molecule has 1 fully saturated rings. The molecule has 1 aromatic rings. The first-order chi connectivity index (χ1) is 10.4. The quantitative estimate of drug-likeness (QED) is 0.864. The fourth-order valence-corrected chi connectivity index (χ4v) is 2.54. The Bertz CT molecular complexity index is 617. The lowest BCUT2D eigenvalue weighted by molar-refractivity contribution is 0.0517. The lowest BCUT2D eigenvalue weighted by Gasteiger charge is -2.44. The van der Waals surface area contributed by atoms with Crippen molar-refractivity contribution in [3.63, 3.8) is 0 Å². The Labute approximate surface area is 129 Å². The van der Waals surface area contributed by atoms with Crippen LogP contribution in [-0.4, -0.2) is 59.6 Å². The highest BCUT2D eigenvalue weighted by atomic mass is 16.5. The molecule has 0 saturated carbocycles. The maximum atomic E-state index is 12.4. The van der Waals surface area contributed by atoms with Crippen molar-refractivity contribution in [2.24, 2.45) is 0 Å². The van der Waals surface area contributed by atoms with Gasteiger partial charge in [-0.05, 0) is 6.07 Å². The average Bonchev–Trinajstić information content (AvgIpc) is 2.52. The van der Waals surface area contributed by atoms with E-state index in [0.29, 0.717) is 5.56 Å². The van der Waals surface area contributed by atoms with Crippen LogP contribution in [0.3, 0.4) is 0 Å². The van der Waals surface area contributed by atoms with Crippen LogP contribution in [0.5, 0.6) is 11.5 Å². The molecule has 0 bridgehead atoms. The Morgan fingerprint density at radius 2 is 2.00 bits per heavy atom. The van der Waals surface area contributed by atoms with E-state index in [2.05, 4.69) is 6.58 Å². The summed E-state index contributed by atoms with van der Waals surface area (Å²) in [6.07, 6.45) is 0.837. The predicted molar refractivity (Wildman–Crippen MR) is 80.6 cm³/mol. The number of urea groups is 2. The highest BCUT2D eigenvalue weighted by Gasteiger charge is 2.42. The number of para-hydroxylation sites is 1. The first-order valence-electron chi connectivity index (χ1n) is 6.71. The number of amides is 4. The molecular formula is C15H19N3O4. The number of carbonyl (C=O) groups is 2. The summed E-state index contributed by atoms with van der Waals surface area (Å²) in [7, 11) is 4.43. The van der Waals surface area contributed by atoms with Crippen LogP contribution in [0.1, 0.15) is 11.7 Å². The number of nitrogens with zero attached hydrogens (tertiary/aromatic N) is 3. The van der Waals surface area contributed by atoms with Gasteiger partial charge in [0.2, 0.25) is 0 Å². The third-order valence-electron chi connectivity index (χ3n) is 3.64. The number of rotatable bonds is 4. The highest BCUT2D eigenvalue weighted by molar-refractivity contribution is 5.96. The van der Waals surface area contributed by atoms with Crippen LogP contribution in [0, 0.1) is 0 Å². The number of phenolic OH excluding ortho intramolecular Hbond substituents is 1. The minimum Gasteiger partial charge on any atom is -0.504 e. The topological polar surface area (TPSA) is 73.3 Å². The molecule has 0 radical (unpaired) electrons. The fraction of sp³-hybridized carbons (Fsp3) is 0.333. The van der Waals surface area contributed by atoms with E-state index >= 15 is 0 Å². The summed E-state index contributed by atoms with van der Waals surface area (Å²) in [5.74, 6) is 0.185. The molecule has 7 heteroatoms. The van der Waals surface area contributed by atoms with E-state index in [1.54, 1.807) is 31.3 Å². The fourth-order valence-electron chi connectivity index (χ4n) is 2.54. The van der Waals surface area contributed by atoms with Gasteiger partial charge in [-0.25, -0.2) is 14.5 Å². The van der Waals surface area contributed by atoms with Gasteiger partial charge in [-0.1, -0.05) is 18.2 Å². The Kier molecular flexibility index (Phi) is 4.25. The van der Waals surface area contributed by atoms with Gasteiger partial charge in [0, 0.05) is 26.2 Å². The van der Waals surface area contributed by atoms with E-state index in [1.807, 2.05) is 0 Å². The van der Waals surface area contributed by atoms with Crippen LogP contribution < -0.4 is 4.74 Å². The van der Waals surface area contributed by atoms with Crippen LogP contribution in [-0.2, 0) is 0 Å². The maximum Gasteiger partial charge on any atom is 0.330 e. The summed E-state index contributed by atoms with van der Waals surface area (Å²) in [6, 6.07) is 4.06. The van der Waals surface area contributed by atoms with Crippen LogP contribution in [0.4, 0.5) is 9.59 Å². The average molecular weight is 305 g/mol. The standard InChI is InChI=1S/C15H19N3O4/c1-5-9-18-13(16(2)14(20)17(3)15(18)21)10-7-6-8-11(22-4)12(10)19/h5-8,13,19H,1,9H2,2-4H3. The second-order valence-corrected chi connectivity index (χ2v) is 4.95. The van der Waals surface area contributed by atoms with Gasteiger partial charge in [0.25, 0.3) is 0 Å². The minimum atomic E-state index is -0.732. The van der Waals surface area contributed by atoms with E-state index in [1.165, 1.54) is 24.0 Å². The van der Waals surface area contributed by atoms with Crippen LogP contribution in [0.25, 0.3) is 0 Å². The van der Waals surface area contributed by atoms with E-state index in [9.17, 15) is 14.7 Å². The van der Waals surface area contributed by atoms with Crippen molar-refractivity contribution in [3.8, 4) is 11.5 Å². The number of ether oxygens (including phenoxy) is 1. The number of hydrogen-bond donors (Lipinski definition) is 1. The van der Waals surface area contributed by atoms with Gasteiger partial charge in [-0.15, -0.1) is 6.58 Å². The first-order valence-corrected chi connectivity index (χ1v) is 6.71. The molecule has 0 aliphatic carbocycles. The van der Waals surface area contributed by atoms with Gasteiger partial charge in [-0.2, -0.15) is 0 Å². The number of phenols is 1. The molecule has 1 saturated heterocycles. The normalized spacial score (nSPS) is 18.7. The van der Waals surface area contributed by atoms with Crippen molar-refractivity contribution in [2.75, 3.05) is 27.7 Å². The Morgan fingerprint density at radius 3 is 2.59 bits per heavy atom. The molecule has 0 aromatic heterocycles. The van der Waals surface area contributed by atoms with Crippen molar-refractivity contribution < 1.29 is 19.4 Å². The molecule has 1 aliphatic rings. The van der Waals surface area contributed by atoms with Crippen LogP contribution >= 0.6 is 0 Å². The highest BCUT2D eigenvalue weighted by Crippen LogP contribution is 2.39. The summed E-state index contributed by atoms with van der Waals surface area (Å²) in [5, 5.41) is 10.3. The Hall–Kier alpha value is -2.70. The Balaban J connectivity index is 2.55. The minimum absolute atomic E-state index is 0.0962. The zero-order valence-electron chi connectivity index (χ0n) is 12.8. The SMILES string of the molecule is C=CCN1C(=O)N(C)C(=O)N(C)C1c1cccc(OC)c1O. The zero-order valence-corrected chi connectivity index (χ0v) is 12.8. The summed E-state index contributed by atoms with van der Waals surface area (Å²) < 4.78 is 5.09. The molecule has 118 valence electrons. The molecule has 1 aliphatic heterocycles. The van der Waals surface area contributed by atoms with Crippen LogP contribution in [0.2, 0.25) is 0 Å². The lowest BCUT2D eigenvalue weighted by atomic mass is 10.1. The molecule has 2 rings (SSSR count). The third kappa shape index (κ3) is 2.34. The summed E-state index contributed by atoms with van der Waals surface area (Å²) in [4.78, 5) is 28.4. The van der Waals surface area contributed by atoms with Gasteiger partial charge in [0.05, 0.1) is 7.11 Å². The number of hydrogen-bond acceptors (Lipinski definition) is 4. The molecule has 1 N–H and O–H groups in total. The van der Waals surface area contributed by atoms with Gasteiger partial charge in [0.1, 0.15) is 6.17 Å². The lowest BCUT2D eigenvalue weighted by Crippen LogP contribution is -2.59. The number of methoxy groups -OCH3 is 1. The van der Waals surface area contributed by atoms with Crippen molar-refractivity contribution >= 4 is 12.1 Å². The van der Waals surface area contributed by atoms with Crippen molar-refractivity contribution in [3.05, 3.63) is 36.4 Å². The summed E-state index contributed by atoms with van der Waals surface area (Å²) in [6.45, 7) is 3.88. The molecule has 1 heterocycles. The third-order valence-corrected chi connectivity index (χ3v) is 3.64. The number of carbonyl (C=O) groups excluding carboxylic acids is 2. The summed E-state index contributed by atoms with van der Waals surface area (Å²) >= 11 is 0. The van der Waals surface area contributed by atoms with Crippen molar-refractivity contribution in [1.82, 2.24) is 14.7 Å². The molecule has 0 spiro atoms. The van der Waals surface area contributed by atoms with Gasteiger partial charge >= 0.3 is 12.1 Å². The molecule has 1 aromatic carbocycles. The largest absolute Gasteiger partial charge is 0.504 e. The van der Waals surface area contributed by atoms with Gasteiger partial charge < -0.3 is 14.7 Å². The molecule has 7 nitrogen and oxygen atoms in total. The first kappa shape index (κ1) is 15.7. The smallest absolute Gasteiger partial charge is 0.330 e. The number of aromatic hydroxyl groups is 1. The molecular weight excluding hydrogens is 286 g/mol. The second-order valence-electron chi connectivity index (χ2n) is 4.95. The molecule has 1 unspecified atom stereocenters. The van der Waals surface area contributed by atoms with Crippen molar-refractivity contribution in [2.45, 2.75) is 6.17 Å². The maximum absolute atomic E-state index is 12.4. The molecule has 22 heavy (non-hydrogen) atoms. The van der Waals surface area contributed by atoms with Gasteiger partial charge in [0.15, 0.2) is 11.5 Å². The number of benzene rings is 1. The Morgan fingerprint density at radius 1 is 1.32 bits per heavy atom.